The molecule has 3 aromatic rings. The van der Waals surface area contributed by atoms with Crippen molar-refractivity contribution in [2.45, 2.75) is 44.8 Å². The molecule has 7 heteroatoms. The van der Waals surface area contributed by atoms with Crippen LogP contribution in [0.25, 0.3) is 6.08 Å². The summed E-state index contributed by atoms with van der Waals surface area (Å²) < 4.78 is 17.8. The zero-order chi connectivity index (χ0) is 26.0. The van der Waals surface area contributed by atoms with Gasteiger partial charge in [-0.05, 0) is 95.2 Å². The van der Waals surface area contributed by atoms with Crippen LogP contribution >= 0.6 is 15.9 Å². The molecule has 4 rings (SSSR count). The third-order valence-corrected chi connectivity index (χ3v) is 6.71. The van der Waals surface area contributed by atoms with E-state index in [1.165, 1.54) is 12.5 Å². The molecule has 0 saturated heterocycles. The van der Waals surface area contributed by atoms with Crippen LogP contribution in [0, 0.1) is 0 Å². The first-order chi connectivity index (χ1) is 18.0. The van der Waals surface area contributed by atoms with Gasteiger partial charge in [0.1, 0.15) is 12.7 Å². The van der Waals surface area contributed by atoms with Crippen LogP contribution in [0.5, 0.6) is 11.5 Å². The minimum Gasteiger partial charge on any atom is -0.493 e. The standard InChI is InChI=1S/C30H30BrNO5/c1-35-27-19-22(18-26(31)29(27)36-20-21-8-4-2-5-9-21)12-17-28(33)32-24-15-13-23(14-16-24)30(34)37-25-10-6-3-7-11-25/h2,4-5,8-9,12-19,25H,3,6-7,10-11,20H2,1H3,(H,32,33)/b17-12+. The zero-order valence-corrected chi connectivity index (χ0v) is 22.3. The summed E-state index contributed by atoms with van der Waals surface area (Å²) >= 11 is 3.55. The Kier molecular flexibility index (Phi) is 9.38. The fourth-order valence-corrected chi connectivity index (χ4v) is 4.73. The summed E-state index contributed by atoms with van der Waals surface area (Å²) in [5, 5.41) is 2.81. The van der Waals surface area contributed by atoms with E-state index in [1.54, 1.807) is 37.5 Å². The van der Waals surface area contributed by atoms with Crippen LogP contribution < -0.4 is 14.8 Å². The molecule has 37 heavy (non-hydrogen) atoms. The van der Waals surface area contributed by atoms with E-state index < -0.39 is 0 Å². The summed E-state index contributed by atoms with van der Waals surface area (Å²) in [6, 6.07) is 20.3. The van der Waals surface area contributed by atoms with Crippen molar-refractivity contribution in [1.29, 1.82) is 0 Å². The van der Waals surface area contributed by atoms with Crippen molar-refractivity contribution in [2.75, 3.05) is 12.4 Å². The van der Waals surface area contributed by atoms with E-state index in [1.807, 2.05) is 42.5 Å². The van der Waals surface area contributed by atoms with E-state index in [0.29, 0.717) is 29.4 Å². The summed E-state index contributed by atoms with van der Waals surface area (Å²) in [4.78, 5) is 24.9. The maximum absolute atomic E-state index is 12.5. The smallest absolute Gasteiger partial charge is 0.338 e. The molecule has 1 fully saturated rings. The number of esters is 1. The van der Waals surface area contributed by atoms with Crippen LogP contribution in [0.4, 0.5) is 5.69 Å². The molecular weight excluding hydrogens is 534 g/mol. The molecule has 1 aliphatic rings. The number of carbonyl (C=O) groups excluding carboxylic acids is 2. The zero-order valence-electron chi connectivity index (χ0n) is 20.7. The number of methoxy groups -OCH3 is 1. The fraction of sp³-hybridized carbons (Fsp3) is 0.267. The minimum atomic E-state index is -0.319. The van der Waals surface area contributed by atoms with Crippen molar-refractivity contribution >= 4 is 39.6 Å². The maximum Gasteiger partial charge on any atom is 0.338 e. The molecule has 0 bridgehead atoms. The number of benzene rings is 3. The Morgan fingerprint density at radius 2 is 1.73 bits per heavy atom. The molecule has 0 unspecified atom stereocenters. The number of halogens is 1. The first-order valence-electron chi connectivity index (χ1n) is 12.4. The molecule has 1 N–H and O–H groups in total. The predicted octanol–water partition coefficient (Wildman–Crippen LogP) is 7.18. The van der Waals surface area contributed by atoms with Gasteiger partial charge in [-0.1, -0.05) is 36.8 Å². The van der Waals surface area contributed by atoms with Crippen LogP contribution in [0.3, 0.4) is 0 Å². The molecule has 192 valence electrons. The molecule has 0 radical (unpaired) electrons. The quantitative estimate of drug-likeness (QED) is 0.220. The molecule has 0 aliphatic heterocycles. The molecule has 1 saturated carbocycles. The lowest BCUT2D eigenvalue weighted by molar-refractivity contribution is -0.111. The highest BCUT2D eigenvalue weighted by Crippen LogP contribution is 2.37. The van der Waals surface area contributed by atoms with Gasteiger partial charge in [0.15, 0.2) is 11.5 Å². The van der Waals surface area contributed by atoms with Gasteiger partial charge in [-0.3, -0.25) is 4.79 Å². The largest absolute Gasteiger partial charge is 0.493 e. The number of rotatable bonds is 9. The summed E-state index contributed by atoms with van der Waals surface area (Å²) in [6.45, 7) is 0.407. The van der Waals surface area contributed by atoms with E-state index in [-0.39, 0.29) is 18.0 Å². The second-order valence-electron chi connectivity index (χ2n) is 8.87. The van der Waals surface area contributed by atoms with Gasteiger partial charge < -0.3 is 19.5 Å². The maximum atomic E-state index is 12.5. The molecule has 0 heterocycles. The molecule has 1 amide bonds. The predicted molar refractivity (Wildman–Crippen MR) is 148 cm³/mol. The molecule has 6 nitrogen and oxygen atoms in total. The third-order valence-electron chi connectivity index (χ3n) is 6.12. The minimum absolute atomic E-state index is 0.00826. The van der Waals surface area contributed by atoms with Crippen LogP contribution in [0.15, 0.2) is 77.3 Å². The number of carbonyl (C=O) groups is 2. The molecule has 0 atom stereocenters. The lowest BCUT2D eigenvalue weighted by Crippen LogP contribution is -2.20. The molecule has 1 aliphatic carbocycles. The topological polar surface area (TPSA) is 73.9 Å². The number of hydrogen-bond acceptors (Lipinski definition) is 5. The Hall–Kier alpha value is -3.58. The second kappa shape index (κ2) is 13.1. The first kappa shape index (κ1) is 26.5. The van der Waals surface area contributed by atoms with Crippen molar-refractivity contribution in [3.63, 3.8) is 0 Å². The van der Waals surface area contributed by atoms with Crippen molar-refractivity contribution in [1.82, 2.24) is 0 Å². The van der Waals surface area contributed by atoms with Gasteiger partial charge in [-0.2, -0.15) is 0 Å². The Balaban J connectivity index is 1.33. The van der Waals surface area contributed by atoms with E-state index in [2.05, 4.69) is 21.2 Å². The Labute approximate surface area is 225 Å². The van der Waals surface area contributed by atoms with Crippen molar-refractivity contribution < 1.29 is 23.8 Å². The third kappa shape index (κ3) is 7.70. The SMILES string of the molecule is COc1cc(/C=C/C(=O)Nc2ccc(C(=O)OC3CCCCC3)cc2)cc(Br)c1OCc1ccccc1. The van der Waals surface area contributed by atoms with Gasteiger partial charge in [0.05, 0.1) is 17.1 Å². The molecular formula is C30H30BrNO5. The van der Waals surface area contributed by atoms with E-state index >= 15 is 0 Å². The summed E-state index contributed by atoms with van der Waals surface area (Å²) in [6.07, 6.45) is 8.41. The lowest BCUT2D eigenvalue weighted by atomic mass is 9.98. The van der Waals surface area contributed by atoms with Gasteiger partial charge in [-0.15, -0.1) is 0 Å². The van der Waals surface area contributed by atoms with Crippen molar-refractivity contribution in [3.05, 3.63) is 94.0 Å². The summed E-state index contributed by atoms with van der Waals surface area (Å²) in [5.74, 6) is 0.536. The lowest BCUT2D eigenvalue weighted by Gasteiger charge is -2.21. The molecule has 3 aromatic carbocycles. The fourth-order valence-electron chi connectivity index (χ4n) is 4.15. The number of amides is 1. The first-order valence-corrected chi connectivity index (χ1v) is 13.2. The van der Waals surface area contributed by atoms with Gasteiger partial charge in [-0.25, -0.2) is 4.79 Å². The Morgan fingerprint density at radius 3 is 2.43 bits per heavy atom. The van der Waals surface area contributed by atoms with Gasteiger partial charge in [0, 0.05) is 11.8 Å². The summed E-state index contributed by atoms with van der Waals surface area (Å²) in [5.41, 5.74) is 2.89. The number of ether oxygens (including phenoxy) is 3. The van der Waals surface area contributed by atoms with Crippen molar-refractivity contribution in [2.24, 2.45) is 0 Å². The van der Waals surface area contributed by atoms with Crippen LogP contribution in [-0.4, -0.2) is 25.1 Å². The normalized spacial score (nSPS) is 13.8. The second-order valence-corrected chi connectivity index (χ2v) is 9.73. The number of nitrogens with one attached hydrogen (secondary N) is 1. The average molecular weight is 564 g/mol. The van der Waals surface area contributed by atoms with Crippen molar-refractivity contribution in [3.8, 4) is 11.5 Å². The number of hydrogen-bond donors (Lipinski definition) is 1. The highest BCUT2D eigenvalue weighted by molar-refractivity contribution is 9.10. The molecule has 0 aromatic heterocycles. The van der Waals surface area contributed by atoms with E-state index in [9.17, 15) is 9.59 Å². The molecule has 0 spiro atoms. The van der Waals surface area contributed by atoms with Gasteiger partial charge in [0.25, 0.3) is 0 Å². The van der Waals surface area contributed by atoms with Gasteiger partial charge in [0.2, 0.25) is 5.91 Å². The highest BCUT2D eigenvalue weighted by Gasteiger charge is 2.18. The summed E-state index contributed by atoms with van der Waals surface area (Å²) in [7, 11) is 1.58. The Morgan fingerprint density at radius 1 is 1.00 bits per heavy atom. The van der Waals surface area contributed by atoms with Crippen LogP contribution in [-0.2, 0) is 16.1 Å². The monoisotopic (exact) mass is 563 g/mol. The van der Waals surface area contributed by atoms with E-state index in [4.69, 9.17) is 14.2 Å². The van der Waals surface area contributed by atoms with Gasteiger partial charge >= 0.3 is 5.97 Å². The Bertz CT molecular complexity index is 1230. The highest BCUT2D eigenvalue weighted by atomic mass is 79.9. The average Bonchev–Trinajstić information content (AvgIpc) is 2.92. The van der Waals surface area contributed by atoms with E-state index in [0.717, 1.165) is 41.3 Å². The van der Waals surface area contributed by atoms with Crippen LogP contribution in [0.2, 0.25) is 0 Å². The number of anilines is 1. The van der Waals surface area contributed by atoms with Crippen LogP contribution in [0.1, 0.15) is 53.6 Å².